The first-order valence-corrected chi connectivity index (χ1v) is 33.3. The molecule has 0 bridgehead atoms. The summed E-state index contributed by atoms with van der Waals surface area (Å²) < 4.78 is 37.1. The van der Waals surface area contributed by atoms with Crippen molar-refractivity contribution in [2.45, 2.75) is 305 Å². The quantitative estimate of drug-likeness (QED) is 0.0819. The summed E-state index contributed by atoms with van der Waals surface area (Å²) >= 11 is 0. The number of carbonyl (C=O) groups excluding carboxylic acids is 6. The van der Waals surface area contributed by atoms with Crippen molar-refractivity contribution in [1.29, 1.82) is 0 Å². The van der Waals surface area contributed by atoms with E-state index in [2.05, 4.69) is 111 Å². The van der Waals surface area contributed by atoms with Gasteiger partial charge in [-0.15, -0.1) is 0 Å². The third-order valence-corrected chi connectivity index (χ3v) is 25.6. The molecular weight excluding hydrogens is 1060 g/mol. The largest absolute Gasteiger partial charge is 0.462 e. The summed E-state index contributed by atoms with van der Waals surface area (Å²) in [7, 11) is 0. The molecule has 12 nitrogen and oxygen atoms in total. The Kier molecular flexibility index (Phi) is 19.9. The van der Waals surface area contributed by atoms with Crippen LogP contribution in [-0.4, -0.2) is 72.4 Å². The van der Waals surface area contributed by atoms with Gasteiger partial charge in [0.1, 0.15) is 36.6 Å². The first-order valence-electron chi connectivity index (χ1n) is 33.3. The van der Waals surface area contributed by atoms with E-state index in [9.17, 15) is 28.8 Å². The van der Waals surface area contributed by atoms with Crippen LogP contribution in [0.2, 0.25) is 0 Å². The van der Waals surface area contributed by atoms with Crippen LogP contribution in [0, 0.1) is 90.7 Å². The van der Waals surface area contributed by atoms with E-state index in [1.54, 1.807) is 0 Å². The van der Waals surface area contributed by atoms with E-state index in [1.807, 2.05) is 0 Å². The van der Waals surface area contributed by atoms with Crippen molar-refractivity contribution < 1.29 is 57.2 Å². The van der Waals surface area contributed by atoms with Gasteiger partial charge in [-0.05, 0) is 121 Å². The minimum absolute atomic E-state index is 0.0182. The highest BCUT2D eigenvalue weighted by molar-refractivity contribution is 5.69. The van der Waals surface area contributed by atoms with Crippen molar-refractivity contribution in [1.82, 2.24) is 0 Å². The zero-order valence-electron chi connectivity index (χ0n) is 56.7. The average Bonchev–Trinajstić information content (AvgIpc) is 1.20. The molecule has 4 saturated carbocycles. The van der Waals surface area contributed by atoms with E-state index >= 15 is 0 Å². The minimum Gasteiger partial charge on any atom is -0.462 e. The minimum atomic E-state index is -0.484. The molecule has 0 spiro atoms. The highest BCUT2D eigenvalue weighted by Gasteiger charge is 2.75. The van der Waals surface area contributed by atoms with Crippen molar-refractivity contribution in [3.05, 3.63) is 22.3 Å². The summed E-state index contributed by atoms with van der Waals surface area (Å²) in [6.07, 6.45) is 16.0. The number of hydrogen-bond donors (Lipinski definition) is 0. The predicted octanol–water partition coefficient (Wildman–Crippen LogP) is 16.4. The molecule has 0 N–H and O–H groups in total. The third kappa shape index (κ3) is 11.9. The number of hydrogen-bond acceptors (Lipinski definition) is 12. The molecule has 0 amide bonds. The molecule has 4 fully saturated rings. The van der Waals surface area contributed by atoms with Gasteiger partial charge in [0, 0.05) is 87.9 Å². The standard InChI is InChI=1S/2C36H58O6/c2*1-21(2)13-12-14-22(3)26-17-18-34(9)32-29(40-23(4)37)19-28-27(15-16-30(33(28,7)8)41-24(5)38)36(32,11)31(42-25(6)39)20-35(26,34)10/h2*21-22,26,29-32H,12-20H2,1-11H3/t2*22-,26-,29-,30+,31+,32+,34+,35-,36-/m11/s1. The maximum Gasteiger partial charge on any atom is 0.302 e. The lowest BCUT2D eigenvalue weighted by atomic mass is 9.39. The van der Waals surface area contributed by atoms with Crippen LogP contribution in [0.5, 0.6) is 0 Å². The van der Waals surface area contributed by atoms with Crippen LogP contribution in [0.4, 0.5) is 0 Å². The van der Waals surface area contributed by atoms with E-state index in [0.717, 1.165) is 64.2 Å². The molecular formula is C72H116O12. The van der Waals surface area contributed by atoms with Crippen LogP contribution in [0.1, 0.15) is 268 Å². The van der Waals surface area contributed by atoms with Crippen molar-refractivity contribution in [3.8, 4) is 0 Å². The Bertz CT molecular complexity index is 2380. The fraction of sp³-hybridized carbons (Fsp3) is 0.861. The molecule has 8 rings (SSSR count). The van der Waals surface area contributed by atoms with Gasteiger partial charge in [-0.25, -0.2) is 0 Å². The maximum absolute atomic E-state index is 12.8. The van der Waals surface area contributed by atoms with Crippen LogP contribution in [0.25, 0.3) is 0 Å². The first kappa shape index (κ1) is 67.8. The molecule has 84 heavy (non-hydrogen) atoms. The molecule has 0 saturated heterocycles. The molecule has 0 aromatic carbocycles. The summed E-state index contributed by atoms with van der Waals surface area (Å²) in [6.45, 7) is 46.1. The molecule has 0 aliphatic heterocycles. The summed E-state index contributed by atoms with van der Waals surface area (Å²) in [5.74, 6) is 2.04. The Morgan fingerprint density at radius 1 is 0.393 bits per heavy atom. The number of fused-ring (bicyclic) bond motifs is 8. The second-order valence-corrected chi connectivity index (χ2v) is 32.0. The zero-order valence-corrected chi connectivity index (χ0v) is 56.7. The second kappa shape index (κ2) is 24.7. The van der Waals surface area contributed by atoms with E-state index < -0.39 is 21.7 Å². The van der Waals surface area contributed by atoms with Crippen LogP contribution in [0.15, 0.2) is 22.3 Å². The lowest BCUT2D eigenvalue weighted by molar-refractivity contribution is -0.223. The first-order chi connectivity index (χ1) is 38.8. The van der Waals surface area contributed by atoms with Crippen LogP contribution >= 0.6 is 0 Å². The highest BCUT2D eigenvalue weighted by atomic mass is 16.6. The monoisotopic (exact) mass is 1170 g/mol. The molecule has 8 aliphatic rings. The molecule has 18 atom stereocenters. The molecule has 0 unspecified atom stereocenters. The lowest BCUT2D eigenvalue weighted by Gasteiger charge is -2.67. The van der Waals surface area contributed by atoms with E-state index in [-0.39, 0.29) is 106 Å². The maximum atomic E-state index is 12.8. The number of rotatable bonds is 16. The van der Waals surface area contributed by atoms with Gasteiger partial charge in [0.05, 0.1) is 0 Å². The summed E-state index contributed by atoms with van der Waals surface area (Å²) in [5, 5.41) is 0. The number of ether oxygens (including phenoxy) is 6. The average molecular weight is 1170 g/mol. The predicted molar refractivity (Wildman–Crippen MR) is 329 cm³/mol. The smallest absolute Gasteiger partial charge is 0.302 e. The molecule has 0 aromatic rings. The van der Waals surface area contributed by atoms with Crippen LogP contribution in [-0.2, 0) is 57.2 Å². The van der Waals surface area contributed by atoms with Crippen LogP contribution in [0.3, 0.4) is 0 Å². The van der Waals surface area contributed by atoms with Crippen molar-refractivity contribution in [3.63, 3.8) is 0 Å². The topological polar surface area (TPSA) is 158 Å². The van der Waals surface area contributed by atoms with E-state index in [1.165, 1.54) is 102 Å². The normalized spacial score (nSPS) is 39.6. The molecule has 12 heteroatoms. The molecule has 0 aromatic heterocycles. The van der Waals surface area contributed by atoms with Gasteiger partial charge in [0.25, 0.3) is 0 Å². The lowest BCUT2D eigenvalue weighted by Crippen LogP contribution is -2.67. The molecule has 0 radical (unpaired) electrons. The van der Waals surface area contributed by atoms with Gasteiger partial charge < -0.3 is 28.4 Å². The summed E-state index contributed by atoms with van der Waals surface area (Å²) in [6, 6.07) is 0. The third-order valence-electron chi connectivity index (χ3n) is 25.6. The Morgan fingerprint density at radius 3 is 0.976 bits per heavy atom. The Hall–Kier alpha value is -3.70. The van der Waals surface area contributed by atoms with Gasteiger partial charge in [0.2, 0.25) is 0 Å². The van der Waals surface area contributed by atoms with Gasteiger partial charge in [-0.3, -0.25) is 28.8 Å². The van der Waals surface area contributed by atoms with Crippen LogP contribution < -0.4 is 0 Å². The van der Waals surface area contributed by atoms with E-state index in [4.69, 9.17) is 28.4 Å². The fourth-order valence-corrected chi connectivity index (χ4v) is 21.5. The van der Waals surface area contributed by atoms with Gasteiger partial charge in [-0.1, -0.05) is 172 Å². The van der Waals surface area contributed by atoms with E-state index in [0.29, 0.717) is 48.3 Å². The summed E-state index contributed by atoms with van der Waals surface area (Å²) in [5.41, 5.74) is 3.00. The Balaban J connectivity index is 0.000000241. The summed E-state index contributed by atoms with van der Waals surface area (Å²) in [4.78, 5) is 75.1. The Labute approximate surface area is 508 Å². The van der Waals surface area contributed by atoms with Crippen molar-refractivity contribution in [2.75, 3.05) is 0 Å². The van der Waals surface area contributed by atoms with Gasteiger partial charge >= 0.3 is 35.8 Å². The Morgan fingerprint density at radius 2 is 0.690 bits per heavy atom. The van der Waals surface area contributed by atoms with Gasteiger partial charge in [-0.2, -0.15) is 0 Å². The zero-order chi connectivity index (χ0) is 62.8. The molecule has 0 heterocycles. The molecule has 476 valence electrons. The van der Waals surface area contributed by atoms with Gasteiger partial charge in [0.15, 0.2) is 0 Å². The number of carbonyl (C=O) groups is 6. The number of esters is 6. The fourth-order valence-electron chi connectivity index (χ4n) is 21.5. The molecule has 8 aliphatic carbocycles. The SMILES string of the molecule is CC(=O)O[C@H]1CCC2=C(C[C@@H](OC(C)=O)[C@@H]3[C@@]2(C)[C@@H](OC(C)=O)C[C@]2(C)[C@@H]([C@H](C)CCCC(C)C)CC[C@@]32C)C1(C)C.CC(=O)O[C@H]1CCC2=C(C[C@@H](OC(C)=O)[C@@H]3[C@@]2(C)[C@@H](OC(C)=O)C[C@]2(C)[C@@H]([C@H](C)CCCC(C)C)CC[C@@]32C)C1(C)C. The second-order valence-electron chi connectivity index (χ2n) is 32.0. The van der Waals surface area contributed by atoms with Crippen molar-refractivity contribution in [2.24, 2.45) is 90.7 Å². The highest BCUT2D eigenvalue weighted by Crippen LogP contribution is 2.78. The van der Waals surface area contributed by atoms with Crippen molar-refractivity contribution >= 4 is 35.8 Å².